The quantitative estimate of drug-likeness (QED) is 0.602. The van der Waals surface area contributed by atoms with Gasteiger partial charge in [-0.05, 0) is 37.0 Å². The van der Waals surface area contributed by atoms with Crippen LogP contribution >= 0.6 is 0 Å². The summed E-state index contributed by atoms with van der Waals surface area (Å²) in [6, 6.07) is 20.2. The third-order valence-electron chi connectivity index (χ3n) is 4.27. The minimum Gasteiger partial charge on any atom is -0.340 e. The minimum atomic E-state index is 0.0731. The summed E-state index contributed by atoms with van der Waals surface area (Å²) >= 11 is 0. The maximum absolute atomic E-state index is 12.0. The number of aromatic nitrogens is 1. The molecule has 3 rings (SSSR count). The third kappa shape index (κ3) is 3.42. The zero-order valence-electron chi connectivity index (χ0n) is 13.2. The maximum atomic E-state index is 12.0. The number of nitrogens with zero attached hydrogens (tertiary/aromatic N) is 1. The fourth-order valence-corrected chi connectivity index (χ4v) is 3.04. The van der Waals surface area contributed by atoms with Gasteiger partial charge in [-0.25, -0.2) is 0 Å². The van der Waals surface area contributed by atoms with Crippen molar-refractivity contribution in [2.75, 3.05) is 0 Å². The molecular formula is C21H21NO. The van der Waals surface area contributed by atoms with Gasteiger partial charge in [-0.15, -0.1) is 6.58 Å². The van der Waals surface area contributed by atoms with Crippen LogP contribution in [-0.4, -0.2) is 4.57 Å². The van der Waals surface area contributed by atoms with E-state index in [2.05, 4.69) is 35.4 Å². The first-order valence-corrected chi connectivity index (χ1v) is 8.06. The Hall–Kier alpha value is -2.61. The van der Waals surface area contributed by atoms with Crippen LogP contribution in [-0.2, 0) is 6.42 Å². The molecule has 1 heterocycles. The van der Waals surface area contributed by atoms with E-state index in [0.717, 1.165) is 30.2 Å². The molecule has 0 aliphatic heterocycles. The van der Waals surface area contributed by atoms with E-state index in [1.54, 1.807) is 6.07 Å². The van der Waals surface area contributed by atoms with Crippen LogP contribution in [0.3, 0.4) is 0 Å². The van der Waals surface area contributed by atoms with Crippen molar-refractivity contribution in [1.82, 2.24) is 4.57 Å². The SMILES string of the molecule is C=CC(CCCc1ccccc1)n1ccc(=O)c2ccccc21. The monoisotopic (exact) mass is 303 g/mol. The normalized spacial score (nSPS) is 12.2. The molecule has 0 bridgehead atoms. The van der Waals surface area contributed by atoms with Gasteiger partial charge in [-0.3, -0.25) is 4.79 Å². The molecule has 0 amide bonds. The first kappa shape index (κ1) is 15.3. The number of aryl methyl sites for hydroxylation is 1. The summed E-state index contributed by atoms with van der Waals surface area (Å²) < 4.78 is 2.16. The highest BCUT2D eigenvalue weighted by atomic mass is 16.1. The van der Waals surface area contributed by atoms with Crippen molar-refractivity contribution in [3.8, 4) is 0 Å². The Morgan fingerprint density at radius 2 is 1.74 bits per heavy atom. The second kappa shape index (κ2) is 7.10. The lowest BCUT2D eigenvalue weighted by molar-refractivity contribution is 0.546. The Morgan fingerprint density at radius 3 is 2.52 bits per heavy atom. The van der Waals surface area contributed by atoms with E-state index in [0.29, 0.717) is 0 Å². The van der Waals surface area contributed by atoms with Crippen LogP contribution in [0.15, 0.2) is 84.3 Å². The van der Waals surface area contributed by atoms with Gasteiger partial charge < -0.3 is 4.57 Å². The highest BCUT2D eigenvalue weighted by molar-refractivity contribution is 5.78. The first-order chi connectivity index (χ1) is 11.3. The molecule has 0 N–H and O–H groups in total. The average molecular weight is 303 g/mol. The van der Waals surface area contributed by atoms with E-state index in [9.17, 15) is 4.79 Å². The van der Waals surface area contributed by atoms with Crippen LogP contribution in [0, 0.1) is 0 Å². The third-order valence-corrected chi connectivity index (χ3v) is 4.27. The van der Waals surface area contributed by atoms with E-state index < -0.39 is 0 Å². The predicted molar refractivity (Wildman–Crippen MR) is 96.8 cm³/mol. The van der Waals surface area contributed by atoms with Crippen LogP contribution < -0.4 is 5.43 Å². The molecule has 116 valence electrons. The molecule has 0 saturated heterocycles. The van der Waals surface area contributed by atoms with Crippen LogP contribution in [0.4, 0.5) is 0 Å². The molecule has 1 atom stereocenters. The number of allylic oxidation sites excluding steroid dienone is 1. The van der Waals surface area contributed by atoms with Gasteiger partial charge in [0.1, 0.15) is 0 Å². The highest BCUT2D eigenvalue weighted by Crippen LogP contribution is 2.21. The first-order valence-electron chi connectivity index (χ1n) is 8.06. The fraction of sp³-hybridized carbons (Fsp3) is 0.190. The molecule has 2 heteroatoms. The molecule has 1 unspecified atom stereocenters. The van der Waals surface area contributed by atoms with Crippen LogP contribution in [0.25, 0.3) is 10.9 Å². The van der Waals surface area contributed by atoms with Crippen molar-refractivity contribution in [3.05, 3.63) is 95.3 Å². The summed E-state index contributed by atoms with van der Waals surface area (Å²) in [6.07, 6.45) is 7.01. The van der Waals surface area contributed by atoms with E-state index in [-0.39, 0.29) is 11.5 Å². The van der Waals surface area contributed by atoms with Crippen molar-refractivity contribution in [2.24, 2.45) is 0 Å². The number of pyridine rings is 1. The summed E-state index contributed by atoms with van der Waals surface area (Å²) in [7, 11) is 0. The van der Waals surface area contributed by atoms with Crippen molar-refractivity contribution in [2.45, 2.75) is 25.3 Å². The Kier molecular flexibility index (Phi) is 4.72. The number of para-hydroxylation sites is 1. The molecule has 0 aliphatic rings. The van der Waals surface area contributed by atoms with Gasteiger partial charge in [0.15, 0.2) is 5.43 Å². The molecule has 0 radical (unpaired) electrons. The molecule has 2 nitrogen and oxygen atoms in total. The summed E-state index contributed by atoms with van der Waals surface area (Å²) in [5.41, 5.74) is 2.41. The summed E-state index contributed by atoms with van der Waals surface area (Å²) in [6.45, 7) is 3.99. The molecule has 3 aromatic rings. The van der Waals surface area contributed by atoms with Gasteiger partial charge in [0.25, 0.3) is 0 Å². The van der Waals surface area contributed by atoms with Crippen LogP contribution in [0.2, 0.25) is 0 Å². The van der Waals surface area contributed by atoms with Gasteiger partial charge in [-0.2, -0.15) is 0 Å². The minimum absolute atomic E-state index is 0.0731. The fourth-order valence-electron chi connectivity index (χ4n) is 3.04. The van der Waals surface area contributed by atoms with Crippen LogP contribution in [0.5, 0.6) is 0 Å². The number of rotatable bonds is 6. The second-order valence-corrected chi connectivity index (χ2v) is 5.79. The van der Waals surface area contributed by atoms with E-state index in [1.807, 2.05) is 42.6 Å². The molecular weight excluding hydrogens is 282 g/mol. The molecule has 2 aromatic carbocycles. The van der Waals surface area contributed by atoms with Gasteiger partial charge >= 0.3 is 0 Å². The van der Waals surface area contributed by atoms with Crippen molar-refractivity contribution < 1.29 is 0 Å². The summed E-state index contributed by atoms with van der Waals surface area (Å²) in [5, 5.41) is 0.768. The van der Waals surface area contributed by atoms with E-state index in [4.69, 9.17) is 0 Å². The molecule has 0 saturated carbocycles. The molecule has 0 spiro atoms. The maximum Gasteiger partial charge on any atom is 0.189 e. The summed E-state index contributed by atoms with van der Waals surface area (Å²) in [5.74, 6) is 0. The molecule has 23 heavy (non-hydrogen) atoms. The van der Waals surface area contributed by atoms with Crippen molar-refractivity contribution >= 4 is 10.9 Å². The molecule has 0 fully saturated rings. The van der Waals surface area contributed by atoms with E-state index >= 15 is 0 Å². The Labute approximate surface area is 136 Å². The predicted octanol–water partition coefficient (Wildman–Crippen LogP) is 4.75. The zero-order valence-corrected chi connectivity index (χ0v) is 13.2. The van der Waals surface area contributed by atoms with Gasteiger partial charge in [0, 0.05) is 17.6 Å². The van der Waals surface area contributed by atoms with Crippen LogP contribution in [0.1, 0.15) is 24.4 Å². The zero-order chi connectivity index (χ0) is 16.1. The van der Waals surface area contributed by atoms with E-state index in [1.165, 1.54) is 5.56 Å². The molecule has 1 aromatic heterocycles. The van der Waals surface area contributed by atoms with Crippen molar-refractivity contribution in [3.63, 3.8) is 0 Å². The number of hydrogen-bond acceptors (Lipinski definition) is 1. The highest BCUT2D eigenvalue weighted by Gasteiger charge is 2.10. The largest absolute Gasteiger partial charge is 0.340 e. The smallest absolute Gasteiger partial charge is 0.189 e. The Balaban J connectivity index is 1.80. The van der Waals surface area contributed by atoms with Gasteiger partial charge in [0.05, 0.1) is 11.6 Å². The standard InChI is InChI=1S/C21H21NO/c1-2-18(12-8-11-17-9-4-3-5-10-17)22-16-15-21(23)19-13-6-7-14-20(19)22/h2-7,9-10,13-16,18H,1,8,11-12H2. The average Bonchev–Trinajstić information content (AvgIpc) is 2.61. The second-order valence-electron chi connectivity index (χ2n) is 5.79. The summed E-state index contributed by atoms with van der Waals surface area (Å²) in [4.78, 5) is 12.0. The lowest BCUT2D eigenvalue weighted by atomic mass is 10.0. The Morgan fingerprint density at radius 1 is 1.00 bits per heavy atom. The lowest BCUT2D eigenvalue weighted by Crippen LogP contribution is -2.12. The number of hydrogen-bond donors (Lipinski definition) is 0. The van der Waals surface area contributed by atoms with Gasteiger partial charge in [-0.1, -0.05) is 48.5 Å². The van der Waals surface area contributed by atoms with Gasteiger partial charge in [0.2, 0.25) is 0 Å². The number of benzene rings is 2. The molecule has 0 aliphatic carbocycles. The lowest BCUT2D eigenvalue weighted by Gasteiger charge is -2.19. The number of fused-ring (bicyclic) bond motifs is 1. The van der Waals surface area contributed by atoms with Crippen molar-refractivity contribution in [1.29, 1.82) is 0 Å². The Bertz CT molecular complexity index is 848. The topological polar surface area (TPSA) is 22.0 Å².